The van der Waals surface area contributed by atoms with Crippen LogP contribution in [-0.2, 0) is 0 Å². The summed E-state index contributed by atoms with van der Waals surface area (Å²) in [5.74, 6) is 1.47. The number of aromatic hydroxyl groups is 1. The van der Waals surface area contributed by atoms with Gasteiger partial charge in [0.1, 0.15) is 22.7 Å². The highest BCUT2D eigenvalue weighted by molar-refractivity contribution is 7.17. The Hall–Kier alpha value is -2.92. The maximum atomic E-state index is 9.70. The van der Waals surface area contributed by atoms with Crippen LogP contribution >= 0.6 is 11.3 Å². The van der Waals surface area contributed by atoms with E-state index in [-0.39, 0.29) is 5.75 Å². The van der Waals surface area contributed by atoms with E-state index in [1.54, 1.807) is 35.9 Å². The van der Waals surface area contributed by atoms with E-state index in [9.17, 15) is 5.11 Å². The lowest BCUT2D eigenvalue weighted by atomic mass is 9.99. The van der Waals surface area contributed by atoms with Crippen molar-refractivity contribution in [2.24, 2.45) is 0 Å². The minimum absolute atomic E-state index is 0.218. The zero-order chi connectivity index (χ0) is 18.1. The summed E-state index contributed by atoms with van der Waals surface area (Å²) in [7, 11) is 0. The number of nitrogens with one attached hydrogen (secondary N) is 1. The lowest BCUT2D eigenvalue weighted by molar-refractivity contribution is 0.475. The molecular formula is C21H19N3OS. The molecule has 0 amide bonds. The Bertz CT molecular complexity index is 1050. The van der Waals surface area contributed by atoms with Crippen LogP contribution in [0.2, 0.25) is 0 Å². The average Bonchev–Trinajstić information content (AvgIpc) is 3.07. The number of hydrogen-bond donors (Lipinski definition) is 2. The van der Waals surface area contributed by atoms with Crippen LogP contribution in [-0.4, -0.2) is 15.1 Å². The van der Waals surface area contributed by atoms with E-state index in [2.05, 4.69) is 58.8 Å². The highest BCUT2D eigenvalue weighted by Crippen LogP contribution is 2.38. The fraction of sp³-hybridized carbons (Fsp3) is 0.143. The predicted octanol–water partition coefficient (Wildman–Crippen LogP) is 5.93. The van der Waals surface area contributed by atoms with Gasteiger partial charge in [-0.3, -0.25) is 0 Å². The molecule has 4 aromatic rings. The lowest BCUT2D eigenvalue weighted by Crippen LogP contribution is -1.95. The minimum Gasteiger partial charge on any atom is -0.508 e. The molecule has 0 atom stereocenters. The van der Waals surface area contributed by atoms with Gasteiger partial charge in [0.25, 0.3) is 0 Å². The second-order valence-electron chi connectivity index (χ2n) is 6.50. The van der Waals surface area contributed by atoms with Crippen molar-refractivity contribution < 1.29 is 5.11 Å². The summed E-state index contributed by atoms with van der Waals surface area (Å²) in [6.45, 7) is 4.39. The summed E-state index contributed by atoms with van der Waals surface area (Å²) >= 11 is 1.61. The number of hydrogen-bond acceptors (Lipinski definition) is 5. The van der Waals surface area contributed by atoms with Crippen LogP contribution in [0, 0.1) is 0 Å². The van der Waals surface area contributed by atoms with Crippen molar-refractivity contribution in [2.75, 3.05) is 5.32 Å². The van der Waals surface area contributed by atoms with E-state index >= 15 is 0 Å². The second kappa shape index (κ2) is 6.77. The van der Waals surface area contributed by atoms with Gasteiger partial charge in [0.2, 0.25) is 0 Å². The van der Waals surface area contributed by atoms with E-state index in [1.807, 2.05) is 6.07 Å². The number of phenolic OH excluding ortho intramolecular Hbond substituents is 1. The van der Waals surface area contributed by atoms with Crippen molar-refractivity contribution in [3.05, 3.63) is 65.8 Å². The molecule has 0 fully saturated rings. The third-order valence-electron chi connectivity index (χ3n) is 4.37. The van der Waals surface area contributed by atoms with E-state index in [4.69, 9.17) is 0 Å². The predicted molar refractivity (Wildman–Crippen MR) is 108 cm³/mol. The molecule has 0 aliphatic carbocycles. The summed E-state index contributed by atoms with van der Waals surface area (Å²) in [5, 5.41) is 16.1. The Morgan fingerprint density at radius 2 is 1.85 bits per heavy atom. The van der Waals surface area contributed by atoms with Crippen molar-refractivity contribution in [3.63, 3.8) is 0 Å². The molecule has 0 saturated carbocycles. The number of thiophene rings is 1. The number of fused-ring (bicyclic) bond motifs is 1. The fourth-order valence-corrected chi connectivity index (χ4v) is 3.87. The van der Waals surface area contributed by atoms with Crippen LogP contribution < -0.4 is 5.32 Å². The zero-order valence-corrected chi connectivity index (χ0v) is 15.4. The van der Waals surface area contributed by atoms with Gasteiger partial charge in [-0.1, -0.05) is 44.2 Å². The minimum atomic E-state index is 0.218. The first kappa shape index (κ1) is 16.5. The molecule has 4 rings (SSSR count). The van der Waals surface area contributed by atoms with Crippen molar-refractivity contribution >= 4 is 33.1 Å². The molecule has 4 nitrogen and oxygen atoms in total. The Morgan fingerprint density at radius 1 is 1.04 bits per heavy atom. The Balaban J connectivity index is 1.79. The number of benzene rings is 2. The number of nitrogens with zero attached hydrogens (tertiary/aromatic N) is 2. The van der Waals surface area contributed by atoms with E-state index in [0.29, 0.717) is 5.92 Å². The third kappa shape index (κ3) is 3.13. The van der Waals surface area contributed by atoms with Crippen LogP contribution in [0.1, 0.15) is 25.3 Å². The summed E-state index contributed by atoms with van der Waals surface area (Å²) in [5.41, 5.74) is 4.37. The van der Waals surface area contributed by atoms with Crippen LogP contribution in [0.4, 0.5) is 11.5 Å². The summed E-state index contributed by atoms with van der Waals surface area (Å²) < 4.78 is 0. The smallest absolute Gasteiger partial charge is 0.143 e. The highest BCUT2D eigenvalue weighted by Gasteiger charge is 2.14. The van der Waals surface area contributed by atoms with Gasteiger partial charge in [-0.2, -0.15) is 0 Å². The van der Waals surface area contributed by atoms with Gasteiger partial charge in [0.15, 0.2) is 0 Å². The monoisotopic (exact) mass is 361 g/mol. The highest BCUT2D eigenvalue weighted by atomic mass is 32.1. The molecule has 0 spiro atoms. The van der Waals surface area contributed by atoms with Gasteiger partial charge in [0.05, 0.1) is 5.39 Å². The van der Waals surface area contributed by atoms with Gasteiger partial charge in [0, 0.05) is 22.7 Å². The van der Waals surface area contributed by atoms with Gasteiger partial charge in [-0.25, -0.2) is 9.97 Å². The van der Waals surface area contributed by atoms with Crippen LogP contribution in [0.3, 0.4) is 0 Å². The Labute approximate surface area is 156 Å². The number of aromatic nitrogens is 2. The SMILES string of the molecule is CC(C)c1ccc(-c2csc3ncnc(Nc4cccc(O)c4)c23)cc1. The second-order valence-corrected chi connectivity index (χ2v) is 7.36. The molecular weight excluding hydrogens is 342 g/mol. The van der Waals surface area contributed by atoms with Gasteiger partial charge >= 0.3 is 0 Å². The van der Waals surface area contributed by atoms with Crippen LogP contribution in [0.25, 0.3) is 21.3 Å². The van der Waals surface area contributed by atoms with Crippen LogP contribution in [0.15, 0.2) is 60.2 Å². The number of anilines is 2. The molecule has 2 aromatic heterocycles. The van der Waals surface area contributed by atoms with Gasteiger partial charge in [-0.15, -0.1) is 11.3 Å². The molecule has 0 bridgehead atoms. The standard InChI is InChI=1S/C21H19N3OS/c1-13(2)14-6-8-15(9-7-14)18-11-26-21-19(18)20(22-12-23-21)24-16-4-3-5-17(25)10-16/h3-13,25H,1-2H3,(H,22,23,24). The number of rotatable bonds is 4. The summed E-state index contributed by atoms with van der Waals surface area (Å²) in [4.78, 5) is 9.79. The van der Waals surface area contributed by atoms with Gasteiger partial charge < -0.3 is 10.4 Å². The van der Waals surface area contributed by atoms with Crippen molar-refractivity contribution in [2.45, 2.75) is 19.8 Å². The third-order valence-corrected chi connectivity index (χ3v) is 5.25. The molecule has 0 saturated heterocycles. The largest absolute Gasteiger partial charge is 0.508 e. The molecule has 0 aliphatic heterocycles. The normalized spacial score (nSPS) is 11.2. The lowest BCUT2D eigenvalue weighted by Gasteiger charge is -2.10. The van der Waals surface area contributed by atoms with Crippen molar-refractivity contribution in [3.8, 4) is 16.9 Å². The first-order valence-corrected chi connectivity index (χ1v) is 9.38. The zero-order valence-electron chi connectivity index (χ0n) is 14.6. The van der Waals surface area contributed by atoms with Crippen molar-refractivity contribution in [1.82, 2.24) is 9.97 Å². The molecule has 0 aliphatic rings. The quantitative estimate of drug-likeness (QED) is 0.473. The van der Waals surface area contributed by atoms with E-state index < -0.39 is 0 Å². The maximum absolute atomic E-state index is 9.70. The molecule has 26 heavy (non-hydrogen) atoms. The molecule has 2 aromatic carbocycles. The number of phenols is 1. The van der Waals surface area contributed by atoms with Gasteiger partial charge in [-0.05, 0) is 29.2 Å². The first-order chi connectivity index (χ1) is 12.6. The molecule has 130 valence electrons. The first-order valence-electron chi connectivity index (χ1n) is 8.50. The maximum Gasteiger partial charge on any atom is 0.143 e. The molecule has 0 radical (unpaired) electrons. The average molecular weight is 361 g/mol. The van der Waals surface area contributed by atoms with E-state index in [1.165, 1.54) is 5.56 Å². The van der Waals surface area contributed by atoms with E-state index in [0.717, 1.165) is 32.8 Å². The van der Waals surface area contributed by atoms with Crippen LogP contribution in [0.5, 0.6) is 5.75 Å². The Kier molecular flexibility index (Phi) is 4.31. The molecule has 5 heteroatoms. The molecule has 0 unspecified atom stereocenters. The molecule has 2 N–H and O–H groups in total. The van der Waals surface area contributed by atoms with Crippen molar-refractivity contribution in [1.29, 1.82) is 0 Å². The summed E-state index contributed by atoms with van der Waals surface area (Å²) in [6.07, 6.45) is 1.57. The fourth-order valence-electron chi connectivity index (χ4n) is 2.95. The summed E-state index contributed by atoms with van der Waals surface area (Å²) in [6, 6.07) is 15.7. The Morgan fingerprint density at radius 3 is 2.58 bits per heavy atom. The topological polar surface area (TPSA) is 58.0 Å². The molecule has 2 heterocycles.